The zero-order chi connectivity index (χ0) is 10.8. The van der Waals surface area contributed by atoms with E-state index < -0.39 is 0 Å². The Kier molecular flexibility index (Phi) is 2.15. The second kappa shape index (κ2) is 3.78. The molecule has 0 N–H and O–H groups in total. The summed E-state index contributed by atoms with van der Waals surface area (Å²) in [4.78, 5) is 4.61. The van der Waals surface area contributed by atoms with Crippen molar-refractivity contribution in [2.24, 2.45) is 4.99 Å². The number of aliphatic imine (C=N–C) groups is 1. The topological polar surface area (TPSA) is 12.4 Å². The van der Waals surface area contributed by atoms with Crippen molar-refractivity contribution < 1.29 is 0 Å². The van der Waals surface area contributed by atoms with Crippen LogP contribution in [0, 0.1) is 0 Å². The van der Waals surface area contributed by atoms with Gasteiger partial charge < -0.3 is 0 Å². The van der Waals surface area contributed by atoms with Crippen molar-refractivity contribution in [3.05, 3.63) is 72.4 Å². The van der Waals surface area contributed by atoms with Gasteiger partial charge in [-0.2, -0.15) is 0 Å². The van der Waals surface area contributed by atoms with Crippen LogP contribution in [-0.4, -0.2) is 5.71 Å². The smallest absolute Gasteiger partial charge is 0.0716 e. The lowest BCUT2D eigenvalue weighted by atomic mass is 10.0. The number of benzene rings is 1. The van der Waals surface area contributed by atoms with Gasteiger partial charge in [-0.1, -0.05) is 54.7 Å². The third kappa shape index (κ3) is 1.47. The lowest BCUT2D eigenvalue weighted by molar-refractivity contribution is 1.54. The summed E-state index contributed by atoms with van der Waals surface area (Å²) in [5.41, 5.74) is 4.52. The van der Waals surface area contributed by atoms with Gasteiger partial charge in [0.15, 0.2) is 0 Å². The van der Waals surface area contributed by atoms with Crippen molar-refractivity contribution in [1.29, 1.82) is 0 Å². The van der Waals surface area contributed by atoms with Gasteiger partial charge in [-0.15, -0.1) is 0 Å². The Hall–Kier alpha value is -2.15. The Morgan fingerprint density at radius 1 is 0.812 bits per heavy atom. The quantitative estimate of drug-likeness (QED) is 0.610. The molecule has 0 atom stereocenters. The molecule has 1 heterocycles. The molecule has 0 bridgehead atoms. The molecule has 0 aromatic heterocycles. The molecule has 0 saturated carbocycles. The molecule has 3 rings (SSSR count). The summed E-state index contributed by atoms with van der Waals surface area (Å²) in [6.45, 7) is 0. The highest BCUT2D eigenvalue weighted by molar-refractivity contribution is 6.33. The lowest BCUT2D eigenvalue weighted by Gasteiger charge is -1.99. The average Bonchev–Trinajstić information content (AvgIpc) is 2.69. The highest BCUT2D eigenvalue weighted by Crippen LogP contribution is 2.35. The van der Waals surface area contributed by atoms with Crippen LogP contribution in [0.15, 0.2) is 71.8 Å². The van der Waals surface area contributed by atoms with Gasteiger partial charge in [0.05, 0.1) is 11.4 Å². The number of para-hydroxylation sites is 1. The summed E-state index contributed by atoms with van der Waals surface area (Å²) in [6, 6.07) is 8.24. The molecule has 1 heteroatoms. The predicted molar refractivity (Wildman–Crippen MR) is 68.9 cm³/mol. The highest BCUT2D eigenvalue weighted by atomic mass is 14.8. The molecule has 1 nitrogen and oxygen atoms in total. The summed E-state index contributed by atoms with van der Waals surface area (Å²) in [6.07, 6.45) is 14.3. The number of nitrogens with zero attached hydrogens (tertiary/aromatic N) is 1. The third-order valence-corrected chi connectivity index (χ3v) is 2.67. The first-order valence-electron chi connectivity index (χ1n) is 5.35. The van der Waals surface area contributed by atoms with Crippen LogP contribution >= 0.6 is 0 Å². The first-order valence-corrected chi connectivity index (χ1v) is 5.35. The van der Waals surface area contributed by atoms with Gasteiger partial charge in [0, 0.05) is 11.1 Å². The second-order valence-corrected chi connectivity index (χ2v) is 3.72. The maximum Gasteiger partial charge on any atom is 0.0716 e. The average molecular weight is 205 g/mol. The Balaban J connectivity index is 2.19. The van der Waals surface area contributed by atoms with Crippen LogP contribution in [0.2, 0.25) is 0 Å². The van der Waals surface area contributed by atoms with E-state index in [0.717, 1.165) is 11.4 Å². The van der Waals surface area contributed by atoms with E-state index in [2.05, 4.69) is 41.4 Å². The molecule has 76 valence electrons. The normalized spacial score (nSPS) is 26.0. The van der Waals surface area contributed by atoms with Gasteiger partial charge in [0.1, 0.15) is 0 Å². The van der Waals surface area contributed by atoms with Gasteiger partial charge in [-0.05, 0) is 12.1 Å². The van der Waals surface area contributed by atoms with E-state index in [1.807, 2.05) is 30.4 Å². The Labute approximate surface area is 94.8 Å². The maximum absolute atomic E-state index is 4.61. The van der Waals surface area contributed by atoms with Gasteiger partial charge in [-0.3, -0.25) is 0 Å². The van der Waals surface area contributed by atoms with E-state index in [1.165, 1.54) is 11.1 Å². The van der Waals surface area contributed by atoms with Crippen molar-refractivity contribution in [2.45, 2.75) is 0 Å². The molecule has 0 fully saturated rings. The van der Waals surface area contributed by atoms with Crippen molar-refractivity contribution >= 4 is 17.0 Å². The van der Waals surface area contributed by atoms with Crippen LogP contribution in [0.25, 0.3) is 5.57 Å². The molecule has 0 spiro atoms. The molecule has 0 radical (unpaired) electrons. The fraction of sp³-hybridized carbons (Fsp3) is 0. The fourth-order valence-corrected chi connectivity index (χ4v) is 1.92. The number of rotatable bonds is 0. The molecule has 1 aromatic carbocycles. The number of fused-ring (bicyclic) bond motifs is 3. The van der Waals surface area contributed by atoms with Crippen molar-refractivity contribution in [3.8, 4) is 0 Å². The highest BCUT2D eigenvalue weighted by Gasteiger charge is 2.17. The molecule has 2 aliphatic rings. The molecule has 0 unspecified atom stereocenters. The first kappa shape index (κ1) is 9.10. The van der Waals surface area contributed by atoms with E-state index in [1.54, 1.807) is 0 Å². The SMILES string of the molecule is C1=C\C=C/C2=Nc3ccccc3/C2=C\C=C/1. The van der Waals surface area contributed by atoms with E-state index in [4.69, 9.17) is 0 Å². The van der Waals surface area contributed by atoms with Crippen LogP contribution < -0.4 is 0 Å². The van der Waals surface area contributed by atoms with Crippen LogP contribution in [0.4, 0.5) is 5.69 Å². The van der Waals surface area contributed by atoms with Crippen LogP contribution in [0.1, 0.15) is 5.56 Å². The maximum atomic E-state index is 4.61. The number of hydrogen-bond donors (Lipinski definition) is 0. The van der Waals surface area contributed by atoms with Crippen LogP contribution in [0.3, 0.4) is 0 Å². The molecule has 16 heavy (non-hydrogen) atoms. The van der Waals surface area contributed by atoms with E-state index in [-0.39, 0.29) is 0 Å². The second-order valence-electron chi connectivity index (χ2n) is 3.72. The summed E-state index contributed by atoms with van der Waals surface area (Å²) in [7, 11) is 0. The third-order valence-electron chi connectivity index (χ3n) is 2.67. The molecule has 1 aromatic rings. The van der Waals surface area contributed by atoms with Gasteiger partial charge >= 0.3 is 0 Å². The minimum Gasteiger partial charge on any atom is -0.248 e. The monoisotopic (exact) mass is 205 g/mol. The summed E-state index contributed by atoms with van der Waals surface area (Å²) >= 11 is 0. The predicted octanol–water partition coefficient (Wildman–Crippen LogP) is 3.84. The Morgan fingerprint density at radius 3 is 2.62 bits per heavy atom. The molecule has 0 amide bonds. The summed E-state index contributed by atoms with van der Waals surface area (Å²) < 4.78 is 0. The molecular weight excluding hydrogens is 194 g/mol. The molecule has 0 saturated heterocycles. The van der Waals surface area contributed by atoms with E-state index >= 15 is 0 Å². The first-order chi connectivity index (χ1) is 7.95. The van der Waals surface area contributed by atoms with Gasteiger partial charge in [-0.25, -0.2) is 4.99 Å². The van der Waals surface area contributed by atoms with Crippen molar-refractivity contribution in [3.63, 3.8) is 0 Å². The van der Waals surface area contributed by atoms with E-state index in [9.17, 15) is 0 Å². The van der Waals surface area contributed by atoms with Crippen molar-refractivity contribution in [1.82, 2.24) is 0 Å². The Bertz CT molecular complexity index is 569. The fourth-order valence-electron chi connectivity index (χ4n) is 1.92. The van der Waals surface area contributed by atoms with Crippen LogP contribution in [0.5, 0.6) is 0 Å². The standard InChI is InChI=1S/C15H11N/c1-2-4-8-12-13-9-6-7-11-15(13)16-14(12)10-5-3-1/h1-11H/b2-1?,3-1-,4-2-,5-3?,8-4?,10-5-,12-8+,14-10?. The van der Waals surface area contributed by atoms with Gasteiger partial charge in [0.2, 0.25) is 0 Å². The summed E-state index contributed by atoms with van der Waals surface area (Å²) in [5, 5.41) is 0. The minimum atomic E-state index is 1.04. The molecule has 1 aliphatic carbocycles. The molecular formula is C15H11N. The number of allylic oxidation sites excluding steroid dienone is 8. The zero-order valence-corrected chi connectivity index (χ0v) is 8.80. The van der Waals surface area contributed by atoms with Gasteiger partial charge in [0.25, 0.3) is 0 Å². The minimum absolute atomic E-state index is 1.04. The lowest BCUT2D eigenvalue weighted by Crippen LogP contribution is -1.91. The van der Waals surface area contributed by atoms with Crippen molar-refractivity contribution in [2.75, 3.05) is 0 Å². The number of hydrogen-bond acceptors (Lipinski definition) is 1. The Morgan fingerprint density at radius 2 is 1.62 bits per heavy atom. The molecule has 1 aliphatic heterocycles. The largest absolute Gasteiger partial charge is 0.248 e. The van der Waals surface area contributed by atoms with E-state index in [0.29, 0.717) is 0 Å². The van der Waals surface area contributed by atoms with Crippen LogP contribution in [-0.2, 0) is 0 Å². The zero-order valence-electron chi connectivity index (χ0n) is 8.80. The summed E-state index contributed by atoms with van der Waals surface area (Å²) in [5.74, 6) is 0.